The molecule has 0 spiro atoms. The highest BCUT2D eigenvalue weighted by Gasteiger charge is 2.46. The molecule has 0 saturated carbocycles. The average molecular weight is 101 g/mol. The topological polar surface area (TPSA) is 31.2 Å². The van der Waals surface area contributed by atoms with Gasteiger partial charge in [0.25, 0.3) is 0 Å². The molecule has 2 nitrogen and oxygen atoms in total. The van der Waals surface area contributed by atoms with Crippen molar-refractivity contribution < 1.29 is 4.74 Å². The highest BCUT2D eigenvalue weighted by atomic mass is 16.5. The zero-order chi connectivity index (χ0) is 5.49. The molecule has 0 aromatic heterocycles. The number of rotatable bonds is 1. The van der Waals surface area contributed by atoms with Crippen molar-refractivity contribution in [1.82, 2.24) is 5.32 Å². The van der Waals surface area contributed by atoms with Gasteiger partial charge in [0, 0.05) is 13.2 Å². The Balaban J connectivity index is 2.36. The zero-order valence-corrected chi connectivity index (χ0v) is 4.99. The molecule has 1 aliphatic heterocycles. The minimum atomic E-state index is 0. The number of nitrogens with one attached hydrogen (secondary N) is 1. The second-order valence-corrected chi connectivity index (χ2v) is 2.18. The highest BCUT2D eigenvalue weighted by molar-refractivity contribution is 5.00. The van der Waals surface area contributed by atoms with Gasteiger partial charge in [-0.15, -0.1) is 0 Å². The quantitative estimate of drug-likeness (QED) is 0.483. The first-order valence-corrected chi connectivity index (χ1v) is 2.52. The molecule has 2 heteroatoms. The molecule has 1 fully saturated rings. The van der Waals surface area contributed by atoms with Crippen molar-refractivity contribution in [3.8, 4) is 0 Å². The van der Waals surface area contributed by atoms with Crippen LogP contribution in [0.3, 0.4) is 0 Å². The molecule has 1 aliphatic rings. The first-order valence-electron chi connectivity index (χ1n) is 2.52. The van der Waals surface area contributed by atoms with Crippen LogP contribution in [-0.2, 0) is 4.74 Å². The minimum absolute atomic E-state index is 0. The first-order chi connectivity index (χ1) is 3.19. The lowest BCUT2D eigenvalue weighted by Crippen LogP contribution is -2.12. The third-order valence-corrected chi connectivity index (χ3v) is 1.67. The molecule has 0 aromatic rings. The van der Waals surface area contributed by atoms with Crippen LogP contribution in [0.4, 0.5) is 0 Å². The van der Waals surface area contributed by atoms with Crippen LogP contribution < -0.4 is 5.32 Å². The normalized spacial score (nSPS) is 49.3. The summed E-state index contributed by atoms with van der Waals surface area (Å²) >= 11 is 0. The van der Waals surface area contributed by atoms with Gasteiger partial charge in [0.05, 0.1) is 0 Å². The maximum atomic E-state index is 5.05. The van der Waals surface area contributed by atoms with E-state index >= 15 is 0 Å². The van der Waals surface area contributed by atoms with Crippen molar-refractivity contribution in [2.24, 2.45) is 0 Å². The van der Waals surface area contributed by atoms with E-state index in [-0.39, 0.29) is 5.72 Å². The largest absolute Gasteiger partial charge is 0.363 e. The van der Waals surface area contributed by atoms with Crippen molar-refractivity contribution in [2.45, 2.75) is 25.6 Å². The standard InChI is InChI=1S/C5H11NO/c1-4-5(2,6-4)7-3/h4,6H,1-3H3. The summed E-state index contributed by atoms with van der Waals surface area (Å²) in [6.07, 6.45) is 0. The fourth-order valence-electron chi connectivity index (χ4n) is 0.624. The fourth-order valence-corrected chi connectivity index (χ4v) is 0.624. The average Bonchev–Trinajstić information content (AvgIpc) is 2.18. The molecular formula is C5H11NO. The van der Waals surface area contributed by atoms with E-state index in [2.05, 4.69) is 12.2 Å². The lowest BCUT2D eigenvalue weighted by atomic mass is 10.3. The molecule has 1 rings (SSSR count). The summed E-state index contributed by atoms with van der Waals surface area (Å²) in [5.74, 6) is 0. The molecule has 0 bridgehead atoms. The Hall–Kier alpha value is -0.0800. The molecule has 1 saturated heterocycles. The van der Waals surface area contributed by atoms with Crippen LogP contribution in [0.15, 0.2) is 0 Å². The predicted octanol–water partition coefficient (Wildman–Crippen LogP) is 0.341. The van der Waals surface area contributed by atoms with E-state index in [4.69, 9.17) is 4.74 Å². The summed E-state index contributed by atoms with van der Waals surface area (Å²) in [5, 5.41) is 3.14. The maximum Gasteiger partial charge on any atom is 0.131 e. The zero-order valence-electron chi connectivity index (χ0n) is 4.99. The van der Waals surface area contributed by atoms with E-state index < -0.39 is 0 Å². The predicted molar refractivity (Wildman–Crippen MR) is 28.0 cm³/mol. The van der Waals surface area contributed by atoms with Gasteiger partial charge in [-0.2, -0.15) is 0 Å². The number of hydrogen-bond acceptors (Lipinski definition) is 2. The molecule has 0 aliphatic carbocycles. The smallest absolute Gasteiger partial charge is 0.131 e. The number of hydrogen-bond donors (Lipinski definition) is 1. The summed E-state index contributed by atoms with van der Waals surface area (Å²) in [6, 6.07) is 0.539. The van der Waals surface area contributed by atoms with Gasteiger partial charge < -0.3 is 4.74 Å². The Bertz CT molecular complexity index is 80.1. The maximum absolute atomic E-state index is 5.05. The SMILES string of the molecule is COC1(C)NC1C. The first kappa shape index (κ1) is 5.06. The summed E-state index contributed by atoms with van der Waals surface area (Å²) in [6.45, 7) is 4.14. The Kier molecular flexibility index (Phi) is 0.869. The van der Waals surface area contributed by atoms with Gasteiger partial charge in [-0.1, -0.05) is 0 Å². The van der Waals surface area contributed by atoms with Crippen molar-refractivity contribution in [1.29, 1.82) is 0 Å². The van der Waals surface area contributed by atoms with Crippen molar-refractivity contribution in [2.75, 3.05) is 7.11 Å². The van der Waals surface area contributed by atoms with Gasteiger partial charge in [0.1, 0.15) is 5.72 Å². The third-order valence-electron chi connectivity index (χ3n) is 1.67. The summed E-state index contributed by atoms with van der Waals surface area (Å²) in [7, 11) is 1.72. The van der Waals surface area contributed by atoms with E-state index in [1.165, 1.54) is 0 Å². The van der Waals surface area contributed by atoms with Crippen LogP contribution >= 0.6 is 0 Å². The van der Waals surface area contributed by atoms with E-state index in [1.54, 1.807) is 7.11 Å². The Morgan fingerprint density at radius 1 is 1.71 bits per heavy atom. The molecule has 2 unspecified atom stereocenters. The number of methoxy groups -OCH3 is 1. The van der Waals surface area contributed by atoms with Crippen LogP contribution in [0.25, 0.3) is 0 Å². The van der Waals surface area contributed by atoms with Crippen LogP contribution in [0.2, 0.25) is 0 Å². The summed E-state index contributed by atoms with van der Waals surface area (Å²) < 4.78 is 5.05. The Morgan fingerprint density at radius 2 is 2.14 bits per heavy atom. The lowest BCUT2D eigenvalue weighted by molar-refractivity contribution is 0.0856. The van der Waals surface area contributed by atoms with Crippen LogP contribution in [-0.4, -0.2) is 18.9 Å². The number of ether oxygens (including phenoxy) is 1. The molecular weight excluding hydrogens is 90.1 g/mol. The van der Waals surface area contributed by atoms with E-state index in [9.17, 15) is 0 Å². The second kappa shape index (κ2) is 1.20. The van der Waals surface area contributed by atoms with Gasteiger partial charge >= 0.3 is 0 Å². The Morgan fingerprint density at radius 3 is 2.14 bits per heavy atom. The third kappa shape index (κ3) is 0.640. The van der Waals surface area contributed by atoms with E-state index in [0.29, 0.717) is 6.04 Å². The summed E-state index contributed by atoms with van der Waals surface area (Å²) in [4.78, 5) is 0. The highest BCUT2D eigenvalue weighted by Crippen LogP contribution is 2.24. The monoisotopic (exact) mass is 101 g/mol. The molecule has 0 aromatic carbocycles. The Labute approximate surface area is 43.9 Å². The molecule has 7 heavy (non-hydrogen) atoms. The second-order valence-electron chi connectivity index (χ2n) is 2.18. The molecule has 42 valence electrons. The molecule has 1 heterocycles. The van der Waals surface area contributed by atoms with E-state index in [1.807, 2.05) is 6.92 Å². The van der Waals surface area contributed by atoms with Crippen molar-refractivity contribution in [3.63, 3.8) is 0 Å². The van der Waals surface area contributed by atoms with E-state index in [0.717, 1.165) is 0 Å². The molecule has 2 atom stereocenters. The van der Waals surface area contributed by atoms with Gasteiger partial charge in [-0.3, -0.25) is 5.32 Å². The van der Waals surface area contributed by atoms with Crippen molar-refractivity contribution in [3.05, 3.63) is 0 Å². The fraction of sp³-hybridized carbons (Fsp3) is 1.00. The lowest BCUT2D eigenvalue weighted by Gasteiger charge is -2.00. The van der Waals surface area contributed by atoms with Gasteiger partial charge in [0.2, 0.25) is 0 Å². The van der Waals surface area contributed by atoms with Gasteiger partial charge in [-0.25, -0.2) is 0 Å². The van der Waals surface area contributed by atoms with Crippen LogP contribution in [0.1, 0.15) is 13.8 Å². The van der Waals surface area contributed by atoms with Crippen LogP contribution in [0.5, 0.6) is 0 Å². The van der Waals surface area contributed by atoms with Crippen molar-refractivity contribution >= 4 is 0 Å². The van der Waals surface area contributed by atoms with Gasteiger partial charge in [-0.05, 0) is 13.8 Å². The molecule has 1 N–H and O–H groups in total. The molecule has 0 amide bonds. The van der Waals surface area contributed by atoms with Crippen LogP contribution in [0, 0.1) is 0 Å². The van der Waals surface area contributed by atoms with Gasteiger partial charge in [0.15, 0.2) is 0 Å². The molecule has 0 radical (unpaired) electrons. The summed E-state index contributed by atoms with van der Waals surface area (Å²) in [5.41, 5.74) is 0. The minimum Gasteiger partial charge on any atom is -0.363 e.